The molecule has 1 atom stereocenters. The Bertz CT molecular complexity index is 1140. The van der Waals surface area contributed by atoms with Crippen LogP contribution in [0, 0.1) is 0 Å². The first-order valence-corrected chi connectivity index (χ1v) is 11.2. The van der Waals surface area contributed by atoms with Crippen LogP contribution in [0.1, 0.15) is 41.6 Å². The molecule has 0 saturated heterocycles. The maximum absolute atomic E-state index is 4.71. The second-order valence-corrected chi connectivity index (χ2v) is 8.65. The van der Waals surface area contributed by atoms with Crippen molar-refractivity contribution in [3.8, 4) is 0 Å². The van der Waals surface area contributed by atoms with E-state index in [1.165, 1.54) is 29.7 Å². The Kier molecular flexibility index (Phi) is 5.67. The van der Waals surface area contributed by atoms with E-state index in [2.05, 4.69) is 96.3 Å². The van der Waals surface area contributed by atoms with Gasteiger partial charge < -0.3 is 10.6 Å². The van der Waals surface area contributed by atoms with Crippen LogP contribution in [-0.4, -0.2) is 20.2 Å². The van der Waals surface area contributed by atoms with Crippen LogP contribution in [-0.2, 0) is 6.42 Å². The van der Waals surface area contributed by atoms with Crippen molar-refractivity contribution in [2.75, 3.05) is 10.6 Å². The number of nitrogens with one attached hydrogen (secondary N) is 3. The SMILES string of the molecule is Brc1cnc(NC(Cc2ccccc2)c2ccccc2)nc1Nc1cc(C2CC2)[nH]n1. The van der Waals surface area contributed by atoms with Crippen molar-refractivity contribution in [2.24, 2.45) is 0 Å². The lowest BCUT2D eigenvalue weighted by Gasteiger charge is -2.20. The van der Waals surface area contributed by atoms with Crippen LogP contribution in [0.5, 0.6) is 0 Å². The maximum Gasteiger partial charge on any atom is 0.225 e. The number of halogens is 1. The van der Waals surface area contributed by atoms with Gasteiger partial charge in [0.15, 0.2) is 11.6 Å². The molecule has 0 radical (unpaired) electrons. The van der Waals surface area contributed by atoms with Gasteiger partial charge in [-0.1, -0.05) is 60.7 Å². The van der Waals surface area contributed by atoms with Crippen molar-refractivity contribution in [2.45, 2.75) is 31.2 Å². The number of aromatic nitrogens is 4. The molecule has 5 rings (SSSR count). The second-order valence-electron chi connectivity index (χ2n) is 7.80. The molecular formula is C24H23BrN6. The fraction of sp³-hybridized carbons (Fsp3) is 0.208. The van der Waals surface area contributed by atoms with Crippen molar-refractivity contribution < 1.29 is 0 Å². The van der Waals surface area contributed by atoms with E-state index < -0.39 is 0 Å². The number of nitrogens with zero attached hydrogens (tertiary/aromatic N) is 3. The van der Waals surface area contributed by atoms with Crippen molar-refractivity contribution in [3.63, 3.8) is 0 Å². The summed E-state index contributed by atoms with van der Waals surface area (Å²) in [6.45, 7) is 0. The van der Waals surface area contributed by atoms with Crippen molar-refractivity contribution in [1.82, 2.24) is 20.2 Å². The summed E-state index contributed by atoms with van der Waals surface area (Å²) in [5.74, 6) is 2.63. The molecule has 7 heteroatoms. The maximum atomic E-state index is 4.71. The first-order valence-electron chi connectivity index (χ1n) is 10.4. The molecule has 0 amide bonds. The van der Waals surface area contributed by atoms with Gasteiger partial charge >= 0.3 is 0 Å². The smallest absolute Gasteiger partial charge is 0.225 e. The van der Waals surface area contributed by atoms with Gasteiger partial charge in [0.05, 0.1) is 10.5 Å². The molecule has 0 aliphatic heterocycles. The molecule has 1 unspecified atom stereocenters. The fourth-order valence-corrected chi connectivity index (χ4v) is 3.88. The molecule has 2 aromatic heterocycles. The molecule has 1 aliphatic rings. The number of H-pyrrole nitrogens is 1. The lowest BCUT2D eigenvalue weighted by atomic mass is 9.99. The van der Waals surface area contributed by atoms with Gasteiger partial charge in [-0.25, -0.2) is 4.98 Å². The first kappa shape index (κ1) is 19.8. The number of rotatable bonds is 8. The Morgan fingerprint density at radius 1 is 1.03 bits per heavy atom. The van der Waals surface area contributed by atoms with Crippen LogP contribution >= 0.6 is 15.9 Å². The van der Waals surface area contributed by atoms with Gasteiger partial charge in [-0.05, 0) is 46.3 Å². The number of anilines is 3. The minimum atomic E-state index is 0.0458. The molecule has 0 spiro atoms. The Hall–Kier alpha value is -3.19. The third-order valence-electron chi connectivity index (χ3n) is 5.39. The van der Waals surface area contributed by atoms with Crippen LogP contribution in [0.3, 0.4) is 0 Å². The Labute approximate surface area is 189 Å². The van der Waals surface area contributed by atoms with Crippen LogP contribution in [0.2, 0.25) is 0 Å². The largest absolute Gasteiger partial charge is 0.347 e. The molecule has 1 saturated carbocycles. The zero-order chi connectivity index (χ0) is 21.0. The molecule has 31 heavy (non-hydrogen) atoms. The van der Waals surface area contributed by atoms with E-state index in [4.69, 9.17) is 4.98 Å². The lowest BCUT2D eigenvalue weighted by Crippen LogP contribution is -2.16. The highest BCUT2D eigenvalue weighted by atomic mass is 79.9. The monoisotopic (exact) mass is 474 g/mol. The van der Waals surface area contributed by atoms with Gasteiger partial charge in [-0.15, -0.1) is 0 Å². The average Bonchev–Trinajstić information content (AvgIpc) is 3.56. The molecule has 2 heterocycles. The summed E-state index contributed by atoms with van der Waals surface area (Å²) in [6.07, 6.45) is 5.05. The summed E-state index contributed by atoms with van der Waals surface area (Å²) < 4.78 is 0.786. The highest BCUT2D eigenvalue weighted by Crippen LogP contribution is 2.39. The number of hydrogen-bond acceptors (Lipinski definition) is 5. The normalized spacial score (nSPS) is 14.2. The predicted molar refractivity (Wildman–Crippen MR) is 127 cm³/mol. The van der Waals surface area contributed by atoms with Crippen molar-refractivity contribution >= 4 is 33.5 Å². The average molecular weight is 475 g/mol. The summed E-state index contributed by atoms with van der Waals surface area (Å²) in [5.41, 5.74) is 3.62. The molecule has 2 aromatic carbocycles. The topological polar surface area (TPSA) is 78.5 Å². The third-order valence-corrected chi connectivity index (χ3v) is 5.97. The van der Waals surface area contributed by atoms with Gasteiger partial charge in [0.1, 0.15) is 0 Å². The van der Waals surface area contributed by atoms with Gasteiger partial charge in [0.25, 0.3) is 0 Å². The minimum Gasteiger partial charge on any atom is -0.347 e. The van der Waals surface area contributed by atoms with Crippen molar-refractivity contribution in [3.05, 3.63) is 94.2 Å². The van der Waals surface area contributed by atoms with E-state index in [-0.39, 0.29) is 6.04 Å². The summed E-state index contributed by atoms with van der Waals surface area (Å²) in [6, 6.07) is 22.9. The van der Waals surface area contributed by atoms with Crippen LogP contribution in [0.15, 0.2) is 77.4 Å². The Morgan fingerprint density at radius 3 is 2.52 bits per heavy atom. The van der Waals surface area contributed by atoms with Gasteiger partial charge in [-0.3, -0.25) is 5.10 Å². The Morgan fingerprint density at radius 2 is 1.77 bits per heavy atom. The van der Waals surface area contributed by atoms with E-state index in [9.17, 15) is 0 Å². The second kappa shape index (κ2) is 8.89. The van der Waals surface area contributed by atoms with E-state index in [1.807, 2.05) is 12.1 Å². The van der Waals surface area contributed by atoms with Gasteiger partial charge in [0, 0.05) is 23.9 Å². The molecular weight excluding hydrogens is 452 g/mol. The number of benzene rings is 2. The van der Waals surface area contributed by atoms with E-state index in [1.54, 1.807) is 6.20 Å². The molecule has 156 valence electrons. The minimum absolute atomic E-state index is 0.0458. The van der Waals surface area contributed by atoms with Crippen LogP contribution in [0.25, 0.3) is 0 Å². The van der Waals surface area contributed by atoms with Gasteiger partial charge in [0.2, 0.25) is 5.95 Å². The zero-order valence-electron chi connectivity index (χ0n) is 16.9. The van der Waals surface area contributed by atoms with Crippen molar-refractivity contribution in [1.29, 1.82) is 0 Å². The summed E-state index contributed by atoms with van der Waals surface area (Å²) in [7, 11) is 0. The standard InChI is InChI=1S/C24H23BrN6/c25-19-15-26-24(29-23(19)28-22-14-21(30-31-22)18-11-12-18)27-20(17-9-5-2-6-10-17)13-16-7-3-1-4-8-16/h1-10,14-15,18,20H,11-13H2,(H3,26,27,28,29,30,31). The third kappa shape index (κ3) is 4.94. The summed E-state index contributed by atoms with van der Waals surface area (Å²) >= 11 is 3.55. The predicted octanol–water partition coefficient (Wildman–Crippen LogP) is 5.98. The number of hydrogen-bond donors (Lipinski definition) is 3. The molecule has 4 aromatic rings. The van der Waals surface area contributed by atoms with Gasteiger partial charge in [-0.2, -0.15) is 10.1 Å². The van der Waals surface area contributed by atoms with Crippen LogP contribution in [0.4, 0.5) is 17.6 Å². The molecule has 6 nitrogen and oxygen atoms in total. The summed E-state index contributed by atoms with van der Waals surface area (Å²) in [4.78, 5) is 9.20. The molecule has 0 bridgehead atoms. The van der Waals surface area contributed by atoms with E-state index in [0.29, 0.717) is 17.7 Å². The fourth-order valence-electron chi connectivity index (χ4n) is 3.59. The van der Waals surface area contributed by atoms with E-state index in [0.717, 1.165) is 16.7 Å². The Balaban J connectivity index is 1.37. The summed E-state index contributed by atoms with van der Waals surface area (Å²) in [5, 5.41) is 14.3. The molecule has 1 aliphatic carbocycles. The van der Waals surface area contributed by atoms with E-state index >= 15 is 0 Å². The highest BCUT2D eigenvalue weighted by Gasteiger charge is 2.25. The van der Waals surface area contributed by atoms with Crippen LogP contribution < -0.4 is 10.6 Å². The highest BCUT2D eigenvalue weighted by molar-refractivity contribution is 9.10. The zero-order valence-corrected chi connectivity index (χ0v) is 18.5. The quantitative estimate of drug-likeness (QED) is 0.292. The lowest BCUT2D eigenvalue weighted by molar-refractivity contribution is 0.763. The molecule has 1 fully saturated rings. The number of aromatic amines is 1. The first-order chi connectivity index (χ1) is 15.2. The molecule has 3 N–H and O–H groups in total.